The molecule has 0 radical (unpaired) electrons. The number of carbonyl (C=O) groups is 1. The van der Waals surface area contributed by atoms with Gasteiger partial charge in [0.25, 0.3) is 0 Å². The molecule has 1 fully saturated rings. The Balaban J connectivity index is 1.39. The van der Waals surface area contributed by atoms with E-state index in [0.29, 0.717) is 17.2 Å². The maximum Gasteiger partial charge on any atom is 0.246 e. The van der Waals surface area contributed by atoms with Crippen LogP contribution in [-0.4, -0.2) is 50.1 Å². The molecule has 144 valence electrons. The van der Waals surface area contributed by atoms with Crippen LogP contribution in [0.15, 0.2) is 54.6 Å². The lowest BCUT2D eigenvalue weighted by Gasteiger charge is -2.31. The van der Waals surface area contributed by atoms with Gasteiger partial charge in [0.1, 0.15) is 18.9 Å². The number of nitriles is 1. The molecule has 2 aromatic carbocycles. The molecule has 0 spiro atoms. The zero-order valence-electron chi connectivity index (χ0n) is 15.6. The van der Waals surface area contributed by atoms with Gasteiger partial charge in [-0.1, -0.05) is 23.7 Å². The number of piperazine rings is 1. The third-order valence-electron chi connectivity index (χ3n) is 4.78. The number of quaternary nitrogens is 1. The molecule has 0 aliphatic carbocycles. The molecule has 1 saturated heterocycles. The van der Waals surface area contributed by atoms with E-state index in [1.165, 1.54) is 4.90 Å². The Morgan fingerprint density at radius 2 is 1.82 bits per heavy atom. The average molecular weight is 397 g/mol. The summed E-state index contributed by atoms with van der Waals surface area (Å²) in [5.41, 5.74) is 1.53. The normalized spacial score (nSPS) is 14.8. The van der Waals surface area contributed by atoms with E-state index in [1.807, 2.05) is 41.3 Å². The molecule has 1 aliphatic rings. The first-order valence-electron chi connectivity index (χ1n) is 9.33. The van der Waals surface area contributed by atoms with Crippen molar-refractivity contribution in [3.63, 3.8) is 0 Å². The van der Waals surface area contributed by atoms with Crippen LogP contribution in [0.1, 0.15) is 11.1 Å². The number of ether oxygens (including phenoxy) is 1. The summed E-state index contributed by atoms with van der Waals surface area (Å²) in [6.07, 6.45) is 3.40. The summed E-state index contributed by atoms with van der Waals surface area (Å²) in [6.45, 7) is 4.87. The van der Waals surface area contributed by atoms with E-state index in [-0.39, 0.29) is 5.91 Å². The van der Waals surface area contributed by atoms with E-state index in [9.17, 15) is 4.79 Å². The van der Waals surface area contributed by atoms with Crippen LogP contribution in [-0.2, 0) is 4.79 Å². The minimum atomic E-state index is 0.0285. The van der Waals surface area contributed by atoms with Gasteiger partial charge in [0, 0.05) is 11.1 Å². The Kier molecular flexibility index (Phi) is 7.07. The topological polar surface area (TPSA) is 57.8 Å². The number of nitrogens with one attached hydrogen (secondary N) is 1. The van der Waals surface area contributed by atoms with E-state index in [2.05, 4.69) is 6.07 Å². The van der Waals surface area contributed by atoms with Crippen LogP contribution < -0.4 is 9.64 Å². The van der Waals surface area contributed by atoms with Gasteiger partial charge in [-0.2, -0.15) is 5.26 Å². The first kappa shape index (κ1) is 19.9. The molecule has 0 bridgehead atoms. The van der Waals surface area contributed by atoms with Crippen LogP contribution in [0.5, 0.6) is 5.75 Å². The average Bonchev–Trinajstić information content (AvgIpc) is 2.74. The molecular formula is C22H23ClN3O2+. The molecule has 0 atom stereocenters. The summed E-state index contributed by atoms with van der Waals surface area (Å²) >= 11 is 5.87. The van der Waals surface area contributed by atoms with Gasteiger partial charge in [0.2, 0.25) is 5.91 Å². The second-order valence-corrected chi connectivity index (χ2v) is 7.13. The zero-order valence-corrected chi connectivity index (χ0v) is 16.4. The minimum absolute atomic E-state index is 0.0285. The maximum atomic E-state index is 12.4. The Morgan fingerprint density at radius 3 is 2.46 bits per heavy atom. The predicted octanol–water partition coefficient (Wildman–Crippen LogP) is 2.03. The molecular weight excluding hydrogens is 374 g/mol. The monoisotopic (exact) mass is 396 g/mol. The zero-order chi connectivity index (χ0) is 19.8. The fourth-order valence-corrected chi connectivity index (χ4v) is 3.21. The fraction of sp³-hybridized carbons (Fsp3) is 0.273. The SMILES string of the molecule is N#Cc1ccc(/C=C/C(=O)N2CC[NH+](CCOc3ccc(Cl)cc3)CC2)cc1. The second kappa shape index (κ2) is 9.93. The van der Waals surface area contributed by atoms with Crippen LogP contribution in [0.25, 0.3) is 6.08 Å². The lowest BCUT2D eigenvalue weighted by Crippen LogP contribution is -3.15. The van der Waals surface area contributed by atoms with Gasteiger partial charge in [-0.15, -0.1) is 0 Å². The van der Waals surface area contributed by atoms with Gasteiger partial charge in [-0.05, 0) is 48.0 Å². The minimum Gasteiger partial charge on any atom is -0.488 e. The van der Waals surface area contributed by atoms with E-state index in [4.69, 9.17) is 21.6 Å². The van der Waals surface area contributed by atoms with Gasteiger partial charge < -0.3 is 14.5 Å². The van der Waals surface area contributed by atoms with Crippen molar-refractivity contribution in [2.45, 2.75) is 0 Å². The van der Waals surface area contributed by atoms with E-state index in [0.717, 1.165) is 44.0 Å². The largest absolute Gasteiger partial charge is 0.488 e. The van der Waals surface area contributed by atoms with Gasteiger partial charge in [-0.25, -0.2) is 0 Å². The number of nitrogens with zero attached hydrogens (tertiary/aromatic N) is 2. The van der Waals surface area contributed by atoms with Crippen molar-refractivity contribution in [3.8, 4) is 11.8 Å². The quantitative estimate of drug-likeness (QED) is 0.760. The molecule has 0 unspecified atom stereocenters. The number of halogens is 1. The standard InChI is InChI=1S/C22H22ClN3O2/c23-20-6-8-21(9-7-20)28-16-15-25-11-13-26(14-12-25)22(27)10-5-18-1-3-19(17-24)4-2-18/h1-10H,11-16H2/p+1/b10-5+. The number of hydrogen-bond donors (Lipinski definition) is 1. The van der Waals surface area contributed by atoms with Crippen molar-refractivity contribution in [2.24, 2.45) is 0 Å². The maximum absolute atomic E-state index is 12.4. The summed E-state index contributed by atoms with van der Waals surface area (Å²) in [4.78, 5) is 15.7. The van der Waals surface area contributed by atoms with Crippen molar-refractivity contribution in [1.82, 2.24) is 4.90 Å². The molecule has 6 heteroatoms. The van der Waals surface area contributed by atoms with Gasteiger partial charge in [0.15, 0.2) is 0 Å². The summed E-state index contributed by atoms with van der Waals surface area (Å²) in [6, 6.07) is 16.6. The molecule has 0 aromatic heterocycles. The lowest BCUT2D eigenvalue weighted by molar-refractivity contribution is -0.904. The number of carbonyl (C=O) groups excluding carboxylic acids is 1. The van der Waals surface area contributed by atoms with Crippen molar-refractivity contribution in [3.05, 3.63) is 70.8 Å². The van der Waals surface area contributed by atoms with Crippen LogP contribution in [0.4, 0.5) is 0 Å². The third kappa shape index (κ3) is 5.85. The molecule has 1 aliphatic heterocycles. The van der Waals surface area contributed by atoms with E-state index >= 15 is 0 Å². The van der Waals surface area contributed by atoms with Crippen LogP contribution >= 0.6 is 11.6 Å². The first-order valence-corrected chi connectivity index (χ1v) is 9.71. The second-order valence-electron chi connectivity index (χ2n) is 6.69. The highest BCUT2D eigenvalue weighted by molar-refractivity contribution is 6.30. The van der Waals surface area contributed by atoms with Crippen LogP contribution in [0.3, 0.4) is 0 Å². The highest BCUT2D eigenvalue weighted by Gasteiger charge is 2.22. The van der Waals surface area contributed by atoms with Crippen molar-refractivity contribution in [1.29, 1.82) is 5.26 Å². The first-order chi connectivity index (χ1) is 13.6. The van der Waals surface area contributed by atoms with Gasteiger partial charge in [0.05, 0.1) is 37.8 Å². The molecule has 1 heterocycles. The highest BCUT2D eigenvalue weighted by atomic mass is 35.5. The van der Waals surface area contributed by atoms with E-state index in [1.54, 1.807) is 24.3 Å². The summed E-state index contributed by atoms with van der Waals surface area (Å²) in [7, 11) is 0. The lowest BCUT2D eigenvalue weighted by atomic mass is 10.1. The third-order valence-corrected chi connectivity index (χ3v) is 5.03. The van der Waals surface area contributed by atoms with E-state index < -0.39 is 0 Å². The Labute approximate surface area is 170 Å². The Hall–Kier alpha value is -2.81. The number of hydrogen-bond acceptors (Lipinski definition) is 3. The highest BCUT2D eigenvalue weighted by Crippen LogP contribution is 2.15. The molecule has 28 heavy (non-hydrogen) atoms. The van der Waals surface area contributed by atoms with Crippen LogP contribution in [0, 0.1) is 11.3 Å². The van der Waals surface area contributed by atoms with Gasteiger partial charge in [-0.3, -0.25) is 4.79 Å². The van der Waals surface area contributed by atoms with Crippen molar-refractivity contribution < 1.29 is 14.4 Å². The molecule has 1 amide bonds. The molecule has 5 nitrogen and oxygen atoms in total. The Morgan fingerprint density at radius 1 is 1.14 bits per heavy atom. The predicted molar refractivity (Wildman–Crippen MR) is 109 cm³/mol. The number of rotatable bonds is 6. The number of amides is 1. The summed E-state index contributed by atoms with van der Waals surface area (Å²) in [5, 5.41) is 9.52. The molecule has 2 aromatic rings. The molecule has 0 saturated carbocycles. The summed E-state index contributed by atoms with van der Waals surface area (Å²) in [5.74, 6) is 0.853. The fourth-order valence-electron chi connectivity index (χ4n) is 3.08. The molecule has 3 rings (SSSR count). The smallest absolute Gasteiger partial charge is 0.246 e. The number of benzene rings is 2. The molecule has 1 N–H and O–H groups in total. The Bertz CT molecular complexity index is 849. The van der Waals surface area contributed by atoms with Crippen molar-refractivity contribution >= 4 is 23.6 Å². The summed E-state index contributed by atoms with van der Waals surface area (Å²) < 4.78 is 5.75. The van der Waals surface area contributed by atoms with Crippen molar-refractivity contribution in [2.75, 3.05) is 39.3 Å². The van der Waals surface area contributed by atoms with Crippen LogP contribution in [0.2, 0.25) is 5.02 Å². The van der Waals surface area contributed by atoms with Gasteiger partial charge >= 0.3 is 0 Å².